The zero-order valence-corrected chi connectivity index (χ0v) is 86.1. The topological polar surface area (TPSA) is 297 Å². The maximum atomic E-state index is 12.3. The van der Waals surface area contributed by atoms with Crippen molar-refractivity contribution in [2.45, 2.75) is 303 Å². The van der Waals surface area contributed by atoms with E-state index in [0.29, 0.717) is 112 Å². The number of carbonyl (C=O) groups is 8. The Bertz CT molecular complexity index is 3530. The Morgan fingerprint density at radius 2 is 0.682 bits per heavy atom. The minimum absolute atomic E-state index is 0.0423. The molecule has 11 saturated heterocycles. The van der Waals surface area contributed by atoms with E-state index in [2.05, 4.69) is 180 Å². The third-order valence-electron chi connectivity index (χ3n) is 28.0. The molecule has 12 aliphatic rings. The third kappa shape index (κ3) is 39.6. The van der Waals surface area contributed by atoms with Crippen LogP contribution >= 0.6 is 0 Å². The summed E-state index contributed by atoms with van der Waals surface area (Å²) >= 11 is 0. The van der Waals surface area contributed by atoms with Crippen molar-refractivity contribution < 1.29 is 72.6 Å². The van der Waals surface area contributed by atoms with Crippen LogP contribution in [0.1, 0.15) is 253 Å². The van der Waals surface area contributed by atoms with E-state index in [-0.39, 0.29) is 100 Å². The molecule has 12 aliphatic heterocycles. The molecule has 1 unspecified atom stereocenters. The molecule has 132 heavy (non-hydrogen) atoms. The van der Waals surface area contributed by atoms with E-state index >= 15 is 0 Å². The molecule has 0 aliphatic carbocycles. The second-order valence-corrected chi connectivity index (χ2v) is 47.1. The number of piperidine rings is 6. The molecule has 1 aromatic heterocycles. The first-order valence-electron chi connectivity index (χ1n) is 51.0. The average Bonchev–Trinajstić information content (AvgIpc) is 1.67. The minimum Gasteiger partial charge on any atom is -0.453 e. The number of carbonyl (C=O) groups excluding carboxylic acids is 8. The van der Waals surface area contributed by atoms with Crippen molar-refractivity contribution in [3.8, 4) is 0 Å². The average molecular weight is 1860 g/mol. The molecule has 0 radical (unpaired) electrons. The lowest BCUT2D eigenvalue weighted by atomic mass is 9.90. The van der Waals surface area contributed by atoms with Gasteiger partial charge in [-0.2, -0.15) is 5.10 Å². The largest absolute Gasteiger partial charge is 0.453 e. The monoisotopic (exact) mass is 1860 g/mol. The molecule has 3 atom stereocenters. The number of fused-ring (bicyclic) bond motifs is 1. The molecule has 31 heteroatoms. The summed E-state index contributed by atoms with van der Waals surface area (Å²) in [4.78, 5) is 127. The molecule has 8 amide bonds. The first kappa shape index (κ1) is 112. The van der Waals surface area contributed by atoms with Crippen LogP contribution in [0.25, 0.3) is 0 Å². The zero-order valence-electron chi connectivity index (χ0n) is 86.1. The molecule has 0 bridgehead atoms. The highest BCUT2D eigenvalue weighted by molar-refractivity contribution is 5.79. The number of nitrogens with zero attached hydrogens (tertiary/aromatic N) is 16. The highest BCUT2D eigenvalue weighted by Crippen LogP contribution is 2.33. The van der Waals surface area contributed by atoms with E-state index in [1.54, 1.807) is 11.8 Å². The molecule has 758 valence electrons. The van der Waals surface area contributed by atoms with E-state index in [1.165, 1.54) is 12.8 Å². The first-order chi connectivity index (χ1) is 62.1. The van der Waals surface area contributed by atoms with Crippen LogP contribution in [0.4, 0.5) is 4.79 Å². The van der Waals surface area contributed by atoms with E-state index in [1.807, 2.05) is 30.7 Å². The molecule has 1 aromatic rings. The van der Waals surface area contributed by atoms with Crippen molar-refractivity contribution >= 4 is 47.4 Å². The van der Waals surface area contributed by atoms with Crippen molar-refractivity contribution in [3.05, 3.63) is 18.0 Å². The Balaban J connectivity index is 0.000000195. The van der Waals surface area contributed by atoms with Crippen LogP contribution in [0.15, 0.2) is 12.3 Å². The van der Waals surface area contributed by atoms with Gasteiger partial charge in [-0.25, -0.2) is 4.79 Å². The van der Waals surface area contributed by atoms with Crippen LogP contribution in [0, 0.1) is 44.3 Å². The summed E-state index contributed by atoms with van der Waals surface area (Å²) in [5.41, 5.74) is 1.72. The number of amides is 8. The van der Waals surface area contributed by atoms with Gasteiger partial charge in [-0.05, 0) is 127 Å². The third-order valence-corrected chi connectivity index (χ3v) is 28.0. The summed E-state index contributed by atoms with van der Waals surface area (Å²) in [6.45, 7) is 70.2. The fourth-order valence-corrected chi connectivity index (χ4v) is 20.4. The Morgan fingerprint density at radius 1 is 0.364 bits per heavy atom. The SMILES string of the molecule is CC(=O)N1CCN(CC2CCN(C(=O)CC(C)(C)C)CC2)CC1.CC(C)(C)CC(=O)N1CCC(N2CCOCC2CO)CC1.CC(C)(C)CC(=O)N1CCC(N2CCO[C@@H](CO)C2)CC1.CC(C)(C)CC(=O)N1CCC(N2CCO[C@H](CO)C2)CC1.CC(C)(C)CC(=O)N1CCC(N2CCn3nccc3C2)CC1.COC(=O)N1CCN(CC2CCN(C(=O)CC(C)(C)C)CC2)CC1. The number of hydrogen-bond acceptors (Lipinski definition) is 22. The predicted octanol–water partition coefficient (Wildman–Crippen LogP) is 9.32. The molecule has 11 fully saturated rings. The predicted molar refractivity (Wildman–Crippen MR) is 518 cm³/mol. The molecule has 13 heterocycles. The van der Waals surface area contributed by atoms with Gasteiger partial charge in [-0.1, -0.05) is 125 Å². The van der Waals surface area contributed by atoms with Crippen LogP contribution < -0.4 is 0 Å². The van der Waals surface area contributed by atoms with E-state index in [0.717, 1.165) is 280 Å². The number of rotatable bonds is 17. The Hall–Kier alpha value is -5.71. The molecule has 3 N–H and O–H groups in total. The van der Waals surface area contributed by atoms with Crippen LogP contribution in [0.2, 0.25) is 0 Å². The number of likely N-dealkylation sites (tertiary alicyclic amines) is 6. The van der Waals surface area contributed by atoms with Gasteiger partial charge in [0.15, 0.2) is 0 Å². The van der Waals surface area contributed by atoms with Gasteiger partial charge in [-0.15, -0.1) is 0 Å². The molecule has 0 aromatic carbocycles. The summed E-state index contributed by atoms with van der Waals surface area (Å²) in [6, 6.07) is 4.39. The molecule has 31 nitrogen and oxygen atoms in total. The number of morpholine rings is 3. The lowest BCUT2D eigenvalue weighted by Gasteiger charge is -2.44. The van der Waals surface area contributed by atoms with Gasteiger partial charge in [0.05, 0.1) is 83.8 Å². The first-order valence-corrected chi connectivity index (χ1v) is 51.0. The second-order valence-electron chi connectivity index (χ2n) is 47.1. The Morgan fingerprint density at radius 3 is 0.992 bits per heavy atom. The quantitative estimate of drug-likeness (QED) is 0.131. The Labute approximate surface area is 796 Å². The van der Waals surface area contributed by atoms with Gasteiger partial charge in [0, 0.05) is 266 Å². The smallest absolute Gasteiger partial charge is 0.409 e. The van der Waals surface area contributed by atoms with Gasteiger partial charge in [0.25, 0.3) is 0 Å². The van der Waals surface area contributed by atoms with Gasteiger partial charge in [0.2, 0.25) is 41.4 Å². The van der Waals surface area contributed by atoms with Crippen LogP contribution in [0.3, 0.4) is 0 Å². The summed E-state index contributed by atoms with van der Waals surface area (Å²) in [5.74, 6) is 3.33. The summed E-state index contributed by atoms with van der Waals surface area (Å²) in [5, 5.41) is 32.3. The number of ether oxygens (including phenoxy) is 4. The maximum Gasteiger partial charge on any atom is 0.409 e. The summed E-state index contributed by atoms with van der Waals surface area (Å²) in [7, 11) is 1.43. The number of aliphatic hydroxyl groups excluding tert-OH is 3. The lowest BCUT2D eigenvalue weighted by Crippen LogP contribution is -2.55. The van der Waals surface area contributed by atoms with E-state index < -0.39 is 0 Å². The maximum absolute atomic E-state index is 12.3. The highest BCUT2D eigenvalue weighted by atomic mass is 16.5. The summed E-state index contributed by atoms with van der Waals surface area (Å²) < 4.78 is 23.3. The number of aromatic nitrogens is 2. The fourth-order valence-electron chi connectivity index (χ4n) is 20.4. The molecule has 0 spiro atoms. The van der Waals surface area contributed by atoms with E-state index in [9.17, 15) is 53.7 Å². The molecular formula is C101H184N16O15. The normalized spacial score (nSPS) is 23.5. The van der Waals surface area contributed by atoms with Crippen LogP contribution in [0.5, 0.6) is 0 Å². The molecule has 0 saturated carbocycles. The summed E-state index contributed by atoms with van der Waals surface area (Å²) in [6.07, 6.45) is 18.2. The number of aliphatic hydroxyl groups is 3. The number of methoxy groups -OCH3 is 1. The fraction of sp³-hybridized carbons (Fsp3) is 0.891. The minimum atomic E-state index is -0.222. The zero-order chi connectivity index (χ0) is 96.9. The van der Waals surface area contributed by atoms with Crippen molar-refractivity contribution in [2.75, 3.05) is 237 Å². The van der Waals surface area contributed by atoms with Gasteiger partial charge < -0.3 is 73.5 Å². The number of hydrogen-bond donors (Lipinski definition) is 3. The van der Waals surface area contributed by atoms with Crippen LogP contribution in [-0.4, -0.2) is 420 Å². The standard InChI is InChI=1S/C18H33N3O3.C18H33N3O2.C17H28N4O.3C16H30N2O3/c1-18(2,3)13-16(22)20-7-5-15(6-8-20)14-19-9-11-21(12-10-19)17(23)24-4;1-15(22)20-11-9-19(10-12-20)14-16-5-7-21(8-6-16)17(23)13-18(2,3)4;1-17(2,3)12-16(22)19-8-5-14(6-9-19)20-10-11-21-15(13-20)4-7-18-21;1-16(2,3)10-15(20)17-6-4-13(5-7-17)18-8-9-21-12-14(18)11-19;2*1-16(2,3)10-15(20)17-6-4-13(5-7-17)18-8-9-21-14(11-18)12-19/h15H,5-14H2,1-4H3;16H,5-14H2,1-4H3;4,7,14H,5-6,8-13H2,1-3H3;3*13-14,19H,4-12H2,1-3H3/t;;;;2*14-/m....10/s1. The van der Waals surface area contributed by atoms with Gasteiger partial charge in [0.1, 0.15) is 0 Å². The lowest BCUT2D eigenvalue weighted by molar-refractivity contribution is -0.136. The highest BCUT2D eigenvalue weighted by Gasteiger charge is 2.39. The van der Waals surface area contributed by atoms with E-state index in [4.69, 9.17) is 18.9 Å². The van der Waals surface area contributed by atoms with Gasteiger partial charge >= 0.3 is 6.09 Å². The molecular weight excluding hydrogens is 1680 g/mol. The van der Waals surface area contributed by atoms with Crippen LogP contribution in [-0.2, 0) is 65.6 Å². The van der Waals surface area contributed by atoms with Crippen molar-refractivity contribution in [1.29, 1.82) is 0 Å². The van der Waals surface area contributed by atoms with Crippen molar-refractivity contribution in [2.24, 2.45) is 44.3 Å². The molecule has 13 rings (SSSR count). The van der Waals surface area contributed by atoms with Gasteiger partial charge in [-0.3, -0.25) is 67.6 Å². The number of piperazine rings is 2. The Kier molecular flexibility index (Phi) is 44.7. The second kappa shape index (κ2) is 52.9. The van der Waals surface area contributed by atoms with Crippen molar-refractivity contribution in [3.63, 3.8) is 0 Å². The van der Waals surface area contributed by atoms with Crippen molar-refractivity contribution in [1.82, 2.24) is 78.4 Å².